The summed E-state index contributed by atoms with van der Waals surface area (Å²) in [6.45, 7) is 5.44. The zero-order valence-electron chi connectivity index (χ0n) is 16.5. The van der Waals surface area contributed by atoms with E-state index in [-0.39, 0.29) is 37.1 Å². The minimum absolute atomic E-state index is 0.000184. The molecule has 0 saturated carbocycles. The monoisotopic (exact) mass is 426 g/mol. The van der Waals surface area contributed by atoms with Crippen molar-refractivity contribution in [1.82, 2.24) is 14.5 Å². The van der Waals surface area contributed by atoms with Gasteiger partial charge in [-0.3, -0.25) is 9.59 Å². The highest BCUT2D eigenvalue weighted by molar-refractivity contribution is 7.89. The van der Waals surface area contributed by atoms with Crippen molar-refractivity contribution in [3.8, 4) is 0 Å². The molecular formula is C19H27FN4O4S. The lowest BCUT2D eigenvalue weighted by Crippen LogP contribution is -2.50. The highest BCUT2D eigenvalue weighted by Gasteiger charge is 2.35. The molecule has 2 fully saturated rings. The number of hydrogen-bond donors (Lipinski definition) is 1. The van der Waals surface area contributed by atoms with Crippen molar-refractivity contribution in [1.29, 1.82) is 0 Å². The van der Waals surface area contributed by atoms with Crippen molar-refractivity contribution >= 4 is 27.5 Å². The number of nitrogens with one attached hydrogen (secondary N) is 1. The van der Waals surface area contributed by atoms with Crippen LogP contribution < -0.4 is 10.2 Å². The van der Waals surface area contributed by atoms with Gasteiger partial charge in [-0.25, -0.2) is 12.8 Å². The number of amides is 2. The molecule has 0 aromatic heterocycles. The van der Waals surface area contributed by atoms with Crippen LogP contribution in [0.15, 0.2) is 24.3 Å². The van der Waals surface area contributed by atoms with Gasteiger partial charge in [-0.2, -0.15) is 4.31 Å². The number of anilines is 1. The molecule has 0 unspecified atom stereocenters. The van der Waals surface area contributed by atoms with Crippen LogP contribution in [0.2, 0.25) is 0 Å². The number of nitrogens with zero attached hydrogens (tertiary/aromatic N) is 3. The van der Waals surface area contributed by atoms with E-state index < -0.39 is 21.8 Å². The quantitative estimate of drug-likeness (QED) is 0.676. The fraction of sp³-hybridized carbons (Fsp3) is 0.579. The first-order chi connectivity index (χ1) is 13.8. The van der Waals surface area contributed by atoms with Crippen LogP contribution in [0.4, 0.5) is 10.1 Å². The highest BCUT2D eigenvalue weighted by atomic mass is 32.2. The molecule has 2 saturated heterocycles. The fourth-order valence-corrected chi connectivity index (χ4v) is 5.02. The minimum Gasteiger partial charge on any atom is -0.355 e. The van der Waals surface area contributed by atoms with Crippen LogP contribution in [0.3, 0.4) is 0 Å². The highest BCUT2D eigenvalue weighted by Crippen LogP contribution is 2.25. The zero-order chi connectivity index (χ0) is 21.0. The predicted molar refractivity (Wildman–Crippen MR) is 107 cm³/mol. The van der Waals surface area contributed by atoms with Crippen molar-refractivity contribution in [3.63, 3.8) is 0 Å². The SMILES string of the molecule is CCN1CCN(S(=O)(=O)CCNC(=O)[C@H]2CC(=O)N(c3cccc(F)c3)C2)CC1. The van der Waals surface area contributed by atoms with Crippen molar-refractivity contribution < 1.29 is 22.4 Å². The third-order valence-corrected chi connectivity index (χ3v) is 7.32. The van der Waals surface area contributed by atoms with E-state index in [4.69, 9.17) is 0 Å². The molecule has 8 nitrogen and oxygen atoms in total. The van der Waals surface area contributed by atoms with Crippen LogP contribution in [0.1, 0.15) is 13.3 Å². The van der Waals surface area contributed by atoms with Gasteiger partial charge in [0, 0.05) is 51.4 Å². The molecule has 160 valence electrons. The molecule has 2 heterocycles. The van der Waals surface area contributed by atoms with Crippen LogP contribution >= 0.6 is 0 Å². The number of rotatable bonds is 7. The molecule has 0 aliphatic carbocycles. The van der Waals surface area contributed by atoms with E-state index in [0.717, 1.165) is 6.54 Å². The molecule has 0 bridgehead atoms. The van der Waals surface area contributed by atoms with Crippen molar-refractivity contribution in [2.75, 3.05) is 56.5 Å². The lowest BCUT2D eigenvalue weighted by molar-refractivity contribution is -0.126. The Bertz CT molecular complexity index is 856. The molecule has 10 heteroatoms. The van der Waals surface area contributed by atoms with Crippen molar-refractivity contribution in [2.24, 2.45) is 5.92 Å². The summed E-state index contributed by atoms with van der Waals surface area (Å²) in [5.41, 5.74) is 0.416. The second-order valence-electron chi connectivity index (χ2n) is 7.33. The maximum Gasteiger partial charge on any atom is 0.227 e. The zero-order valence-corrected chi connectivity index (χ0v) is 17.3. The smallest absolute Gasteiger partial charge is 0.227 e. The Morgan fingerprint density at radius 3 is 2.62 bits per heavy atom. The molecule has 2 aliphatic rings. The Morgan fingerprint density at radius 1 is 1.24 bits per heavy atom. The summed E-state index contributed by atoms with van der Waals surface area (Å²) in [5, 5.41) is 2.64. The standard InChI is InChI=1S/C19H27FN4O4S/c1-2-22-7-9-23(10-8-22)29(27,28)11-6-21-19(26)15-12-18(25)24(14-15)17-5-3-4-16(20)13-17/h3-5,13,15H,2,6-12,14H2,1H3,(H,21,26)/t15-/m0/s1. The summed E-state index contributed by atoms with van der Waals surface area (Å²) in [6.07, 6.45) is 0.0219. The van der Waals surface area contributed by atoms with Gasteiger partial charge in [-0.05, 0) is 24.7 Å². The van der Waals surface area contributed by atoms with Gasteiger partial charge in [-0.15, -0.1) is 0 Å². The Balaban J connectivity index is 1.48. The van der Waals surface area contributed by atoms with E-state index in [1.807, 2.05) is 6.92 Å². The van der Waals surface area contributed by atoms with Crippen LogP contribution in [0.5, 0.6) is 0 Å². The number of sulfonamides is 1. The Labute approximate surface area is 170 Å². The van der Waals surface area contributed by atoms with E-state index in [0.29, 0.717) is 31.9 Å². The Morgan fingerprint density at radius 2 is 1.97 bits per heavy atom. The molecule has 29 heavy (non-hydrogen) atoms. The molecule has 2 aliphatic heterocycles. The summed E-state index contributed by atoms with van der Waals surface area (Å²) in [7, 11) is -3.43. The molecule has 0 radical (unpaired) electrons. The lowest BCUT2D eigenvalue weighted by atomic mass is 10.1. The molecule has 1 aromatic carbocycles. The van der Waals surface area contributed by atoms with Gasteiger partial charge in [-0.1, -0.05) is 13.0 Å². The van der Waals surface area contributed by atoms with Crippen molar-refractivity contribution in [2.45, 2.75) is 13.3 Å². The van der Waals surface area contributed by atoms with Gasteiger partial charge >= 0.3 is 0 Å². The van der Waals surface area contributed by atoms with Gasteiger partial charge in [0.2, 0.25) is 21.8 Å². The molecule has 0 spiro atoms. The summed E-state index contributed by atoms with van der Waals surface area (Å²) in [5.74, 6) is -1.81. The minimum atomic E-state index is -3.43. The van der Waals surface area contributed by atoms with Crippen LogP contribution in [0, 0.1) is 11.7 Å². The topological polar surface area (TPSA) is 90.0 Å². The summed E-state index contributed by atoms with van der Waals surface area (Å²) < 4.78 is 39.8. The number of carbonyl (C=O) groups excluding carboxylic acids is 2. The molecule has 1 N–H and O–H groups in total. The predicted octanol–water partition coefficient (Wildman–Crippen LogP) is 0.262. The molecule has 1 aromatic rings. The van der Waals surface area contributed by atoms with Gasteiger partial charge < -0.3 is 15.1 Å². The van der Waals surface area contributed by atoms with Gasteiger partial charge in [0.25, 0.3) is 0 Å². The third-order valence-electron chi connectivity index (χ3n) is 5.45. The Kier molecular flexibility index (Phi) is 6.86. The average molecular weight is 427 g/mol. The second kappa shape index (κ2) is 9.19. The van der Waals surface area contributed by atoms with Crippen molar-refractivity contribution in [3.05, 3.63) is 30.1 Å². The third kappa shape index (κ3) is 5.31. The van der Waals surface area contributed by atoms with Gasteiger partial charge in [0.05, 0.1) is 11.7 Å². The Hall–Kier alpha value is -2.04. The summed E-state index contributed by atoms with van der Waals surface area (Å²) in [4.78, 5) is 28.2. The number of piperazine rings is 1. The van der Waals surface area contributed by atoms with Gasteiger partial charge in [0.1, 0.15) is 5.82 Å². The van der Waals surface area contributed by atoms with Crippen LogP contribution in [-0.2, 0) is 19.6 Å². The second-order valence-corrected chi connectivity index (χ2v) is 9.41. The fourth-order valence-electron chi connectivity index (χ4n) is 3.68. The summed E-state index contributed by atoms with van der Waals surface area (Å²) >= 11 is 0. The molecule has 3 rings (SSSR count). The van der Waals surface area contributed by atoms with E-state index >= 15 is 0 Å². The van der Waals surface area contributed by atoms with E-state index in [9.17, 15) is 22.4 Å². The first-order valence-electron chi connectivity index (χ1n) is 9.84. The van der Waals surface area contributed by atoms with E-state index in [1.165, 1.54) is 27.4 Å². The number of likely N-dealkylation sites (N-methyl/N-ethyl adjacent to an activating group) is 1. The summed E-state index contributed by atoms with van der Waals surface area (Å²) in [6, 6.07) is 5.67. The van der Waals surface area contributed by atoms with Gasteiger partial charge in [0.15, 0.2) is 0 Å². The number of halogens is 1. The van der Waals surface area contributed by atoms with Crippen LogP contribution in [0.25, 0.3) is 0 Å². The van der Waals surface area contributed by atoms with E-state index in [2.05, 4.69) is 10.2 Å². The normalized spacial score (nSPS) is 21.5. The molecule has 2 amide bonds. The maximum atomic E-state index is 13.4. The van der Waals surface area contributed by atoms with Crippen LogP contribution in [-0.4, -0.2) is 81.0 Å². The molecular weight excluding hydrogens is 399 g/mol. The maximum absolute atomic E-state index is 13.4. The first-order valence-corrected chi connectivity index (χ1v) is 11.4. The average Bonchev–Trinajstić information content (AvgIpc) is 3.09. The molecule has 1 atom stereocenters. The lowest BCUT2D eigenvalue weighted by Gasteiger charge is -2.33. The number of benzene rings is 1. The van der Waals surface area contributed by atoms with E-state index in [1.54, 1.807) is 6.07 Å². The number of hydrogen-bond acceptors (Lipinski definition) is 5. The number of carbonyl (C=O) groups is 2. The largest absolute Gasteiger partial charge is 0.355 e. The first kappa shape index (κ1) is 21.7.